The molecule has 1 N–H and O–H groups in total. The highest BCUT2D eigenvalue weighted by atomic mass is 35.5. The van der Waals surface area contributed by atoms with Crippen LogP contribution in [0.25, 0.3) is 0 Å². The number of fused-ring (bicyclic) bond motifs is 7. The van der Waals surface area contributed by atoms with Crippen LogP contribution in [-0.4, -0.2) is 37.9 Å². The third-order valence-electron chi connectivity index (χ3n) is 15.9. The molecule has 6 rings (SSSR count). The molecule has 1 heterocycles. The molecule has 5 saturated carbocycles. The van der Waals surface area contributed by atoms with Crippen molar-refractivity contribution in [3.8, 4) is 0 Å². The molecule has 1 aromatic heterocycles. The average molecular weight is 655 g/mol. The summed E-state index contributed by atoms with van der Waals surface area (Å²) in [6.07, 6.45) is 15.7. The van der Waals surface area contributed by atoms with Gasteiger partial charge in [0.1, 0.15) is 0 Å². The third kappa shape index (κ3) is 5.10. The Bertz CT molecular complexity index is 1310. The number of aromatic nitrogens is 1. The molecule has 6 heteroatoms. The maximum Gasteiger partial charge on any atom is 0.375 e. The summed E-state index contributed by atoms with van der Waals surface area (Å²) in [5.41, 5.74) is 3.31. The molecule has 0 saturated heterocycles. The van der Waals surface area contributed by atoms with Gasteiger partial charge in [0.15, 0.2) is 12.4 Å². The Kier molecular flexibility index (Phi) is 9.37. The van der Waals surface area contributed by atoms with E-state index in [1.165, 1.54) is 44.1 Å². The summed E-state index contributed by atoms with van der Waals surface area (Å²) in [4.78, 5) is 15.6. The minimum atomic E-state index is -0.355. The van der Waals surface area contributed by atoms with Crippen LogP contribution in [0.15, 0.2) is 36.7 Å². The fourth-order valence-corrected chi connectivity index (χ4v) is 13.0. The van der Waals surface area contributed by atoms with Crippen molar-refractivity contribution in [3.63, 3.8) is 0 Å². The summed E-state index contributed by atoms with van der Waals surface area (Å²) >= 11 is 0. The highest BCUT2D eigenvalue weighted by Gasteiger charge is 2.71. The molecule has 0 spiro atoms. The molecular formula is C40H63ClN2O3. The van der Waals surface area contributed by atoms with E-state index in [-0.39, 0.29) is 57.6 Å². The molecule has 5 aliphatic rings. The van der Waals surface area contributed by atoms with Gasteiger partial charge in [-0.3, -0.25) is 0 Å². The number of pyridine rings is 1. The van der Waals surface area contributed by atoms with Crippen LogP contribution >= 0.6 is 0 Å². The van der Waals surface area contributed by atoms with Gasteiger partial charge >= 0.3 is 5.97 Å². The number of ether oxygens (including phenoxy) is 1. The van der Waals surface area contributed by atoms with Crippen LogP contribution in [0.3, 0.4) is 0 Å². The number of carbonyl (C=O) groups excluding carboxylic acids is 1. The van der Waals surface area contributed by atoms with Crippen molar-refractivity contribution >= 4 is 11.7 Å². The molecule has 5 nitrogen and oxygen atoms in total. The Morgan fingerprint density at radius 1 is 0.957 bits per heavy atom. The monoisotopic (exact) mass is 654 g/mol. The molecule has 0 aliphatic heterocycles. The van der Waals surface area contributed by atoms with E-state index < -0.39 is 0 Å². The first-order chi connectivity index (χ1) is 21.0. The largest absolute Gasteiger partial charge is 1.00 e. The summed E-state index contributed by atoms with van der Waals surface area (Å²) in [6, 6.07) is 3.75. The first kappa shape index (κ1) is 35.7. The van der Waals surface area contributed by atoms with Gasteiger partial charge in [-0.05, 0) is 122 Å². The van der Waals surface area contributed by atoms with Crippen molar-refractivity contribution in [2.75, 3.05) is 25.6 Å². The van der Waals surface area contributed by atoms with E-state index >= 15 is 0 Å². The zero-order valence-corrected chi connectivity index (χ0v) is 31.1. The molecule has 11 atom stereocenters. The van der Waals surface area contributed by atoms with Gasteiger partial charge in [0, 0.05) is 44.3 Å². The van der Waals surface area contributed by atoms with E-state index in [2.05, 4.69) is 65.2 Å². The molecule has 0 aromatic carbocycles. The third-order valence-corrected chi connectivity index (χ3v) is 15.9. The van der Waals surface area contributed by atoms with Crippen molar-refractivity contribution in [2.45, 2.75) is 125 Å². The minimum Gasteiger partial charge on any atom is -1.00 e. The van der Waals surface area contributed by atoms with E-state index in [0.717, 1.165) is 31.4 Å². The smallest absolute Gasteiger partial charge is 0.375 e. The second-order valence-electron chi connectivity index (χ2n) is 18.1. The number of nitrogens with zero attached hydrogens (tertiary/aromatic N) is 2. The standard InChI is InChI=1S/C40H63N2O3.ClH/c1-26(2)29-13-20-40(25-45-35(44)27(3)42-23-16-28(17-24-42)41(9)10)22-21-38(7)30(34(29)40)11-12-32-37(6)18-15-33(43)36(4,5)31(37)14-19-39(32,38)8;/h16-17,23-24,27,29-34,43H,1,11-15,18-22,25H2,2-10H3;1H/q+1;/p-1/t27?,29-,30?,31?,32?,33-,34?,37-,38+,39+,40+;/m0./s1. The van der Waals surface area contributed by atoms with E-state index in [4.69, 9.17) is 4.74 Å². The Labute approximate surface area is 286 Å². The molecule has 258 valence electrons. The van der Waals surface area contributed by atoms with Crippen LogP contribution in [0.4, 0.5) is 5.69 Å². The number of halogens is 1. The number of hydrogen-bond acceptors (Lipinski definition) is 4. The van der Waals surface area contributed by atoms with Crippen LogP contribution in [0.1, 0.15) is 119 Å². The number of carbonyl (C=O) groups is 1. The SMILES string of the molecule is C=C(C)[C@@H]1CC[C@]2(COC(=O)C(C)[n+]3ccc(N(C)C)cc3)CC[C@]3(C)C(CCC4[C@@]5(C)CC[C@H](O)C(C)(C)C5CC[C@]43C)C12.[Cl-]. The van der Waals surface area contributed by atoms with Crippen molar-refractivity contribution in [3.05, 3.63) is 36.7 Å². The fraction of sp³-hybridized carbons (Fsp3) is 0.800. The van der Waals surface area contributed by atoms with E-state index in [1.54, 1.807) is 0 Å². The number of anilines is 1. The Morgan fingerprint density at radius 2 is 1.63 bits per heavy atom. The molecule has 1 aromatic rings. The zero-order chi connectivity index (χ0) is 32.7. The number of hydrogen-bond donors (Lipinski definition) is 1. The quantitative estimate of drug-likeness (QED) is 0.262. The summed E-state index contributed by atoms with van der Waals surface area (Å²) in [5.74, 6) is 2.82. The second-order valence-corrected chi connectivity index (χ2v) is 18.1. The Morgan fingerprint density at radius 3 is 2.26 bits per heavy atom. The van der Waals surface area contributed by atoms with Crippen LogP contribution in [0.5, 0.6) is 0 Å². The average Bonchev–Trinajstić information content (AvgIpc) is 3.38. The molecule has 0 radical (unpaired) electrons. The van der Waals surface area contributed by atoms with Crippen molar-refractivity contribution in [1.29, 1.82) is 0 Å². The lowest BCUT2D eigenvalue weighted by Crippen LogP contribution is -3.00. The minimum absolute atomic E-state index is 0. The van der Waals surface area contributed by atoms with E-state index in [9.17, 15) is 9.90 Å². The van der Waals surface area contributed by atoms with Gasteiger partial charge in [0.2, 0.25) is 0 Å². The van der Waals surface area contributed by atoms with Crippen LogP contribution in [0.2, 0.25) is 0 Å². The van der Waals surface area contributed by atoms with E-state index in [1.807, 2.05) is 38.0 Å². The second kappa shape index (κ2) is 12.1. The van der Waals surface area contributed by atoms with Crippen LogP contribution in [-0.2, 0) is 9.53 Å². The number of aliphatic hydroxyl groups is 1. The maximum atomic E-state index is 13.5. The van der Waals surface area contributed by atoms with Gasteiger partial charge in [-0.25, -0.2) is 4.79 Å². The van der Waals surface area contributed by atoms with Gasteiger partial charge in [-0.2, -0.15) is 4.57 Å². The molecule has 46 heavy (non-hydrogen) atoms. The maximum absolute atomic E-state index is 13.5. The lowest BCUT2D eigenvalue weighted by Gasteiger charge is -2.73. The number of allylic oxidation sites excluding steroid dienone is 1. The first-order valence-corrected chi connectivity index (χ1v) is 18.2. The van der Waals surface area contributed by atoms with Gasteiger partial charge < -0.3 is 27.2 Å². The van der Waals surface area contributed by atoms with Crippen molar-refractivity contribution < 1.29 is 31.6 Å². The lowest BCUT2D eigenvalue weighted by molar-refractivity contribution is -0.707. The van der Waals surface area contributed by atoms with Crippen LogP contribution in [0, 0.1) is 56.7 Å². The number of esters is 1. The summed E-state index contributed by atoms with van der Waals surface area (Å²) in [7, 11) is 4.06. The normalized spacial score (nSPS) is 43.1. The van der Waals surface area contributed by atoms with Gasteiger partial charge in [0.25, 0.3) is 6.04 Å². The highest BCUT2D eigenvalue weighted by Crippen LogP contribution is 2.77. The molecule has 5 unspecified atom stereocenters. The molecular weight excluding hydrogens is 592 g/mol. The fourth-order valence-electron chi connectivity index (χ4n) is 13.0. The Hall–Kier alpha value is -1.59. The summed E-state index contributed by atoms with van der Waals surface area (Å²) in [6.45, 7) is 22.0. The summed E-state index contributed by atoms with van der Waals surface area (Å²) < 4.78 is 8.32. The number of rotatable bonds is 6. The predicted molar refractivity (Wildman–Crippen MR) is 182 cm³/mol. The van der Waals surface area contributed by atoms with E-state index in [0.29, 0.717) is 36.2 Å². The first-order valence-electron chi connectivity index (χ1n) is 18.2. The Balaban J connectivity index is 0.00000417. The summed E-state index contributed by atoms with van der Waals surface area (Å²) in [5, 5.41) is 11.1. The lowest BCUT2D eigenvalue weighted by atomic mass is 9.32. The van der Waals surface area contributed by atoms with Crippen LogP contribution < -0.4 is 21.9 Å². The van der Waals surface area contributed by atoms with Gasteiger partial charge in [-0.1, -0.05) is 46.8 Å². The van der Waals surface area contributed by atoms with Crippen molar-refractivity contribution in [2.24, 2.45) is 56.7 Å². The molecule has 5 fully saturated rings. The highest BCUT2D eigenvalue weighted by molar-refractivity contribution is 5.72. The molecule has 0 amide bonds. The zero-order valence-electron chi connectivity index (χ0n) is 30.4. The number of aliphatic hydroxyl groups excluding tert-OH is 1. The van der Waals surface area contributed by atoms with Gasteiger partial charge in [-0.15, -0.1) is 0 Å². The van der Waals surface area contributed by atoms with Crippen molar-refractivity contribution in [1.82, 2.24) is 0 Å². The molecule has 0 bridgehead atoms. The van der Waals surface area contributed by atoms with Gasteiger partial charge in [0.05, 0.1) is 12.7 Å². The topological polar surface area (TPSA) is 53.7 Å². The molecule has 5 aliphatic carbocycles. The predicted octanol–water partition coefficient (Wildman–Crippen LogP) is 5.17.